The Morgan fingerprint density at radius 1 is 1.24 bits per heavy atom. The Kier molecular flexibility index (Phi) is 3.40. The Hall–Kier alpha value is -1.06. The van der Waals surface area contributed by atoms with Crippen molar-refractivity contribution in [3.05, 3.63) is 33.8 Å². The van der Waals surface area contributed by atoms with Crippen molar-refractivity contribution in [1.29, 1.82) is 0 Å². The van der Waals surface area contributed by atoms with E-state index in [9.17, 15) is 13.6 Å². The van der Waals surface area contributed by atoms with Crippen LogP contribution in [0.25, 0.3) is 0 Å². The minimum atomic E-state index is -1.06. The Bertz CT molecular complexity index is 468. The summed E-state index contributed by atoms with van der Waals surface area (Å²) in [5.74, 6) is -1.34. The van der Waals surface area contributed by atoms with E-state index in [0.717, 1.165) is 12.8 Å². The van der Waals surface area contributed by atoms with Crippen molar-refractivity contribution >= 4 is 22.0 Å². The number of isocyanates is 1. The molecule has 1 aliphatic rings. The molecule has 1 aliphatic carbocycles. The third-order valence-electron chi connectivity index (χ3n) is 3.16. The summed E-state index contributed by atoms with van der Waals surface area (Å²) in [7, 11) is 0. The van der Waals surface area contributed by atoms with Gasteiger partial charge in [0, 0.05) is 4.47 Å². The molecular weight excluding hydrogens is 292 g/mol. The maximum absolute atomic E-state index is 13.9. The number of nitrogens with zero attached hydrogens (tertiary/aromatic N) is 1. The van der Waals surface area contributed by atoms with Crippen LogP contribution in [-0.2, 0) is 10.3 Å². The largest absolute Gasteiger partial charge is 0.235 e. The number of hydrogen-bond acceptors (Lipinski definition) is 2. The fourth-order valence-corrected chi connectivity index (χ4v) is 2.85. The molecule has 0 unspecified atom stereocenters. The average Bonchev–Trinajstić information content (AvgIpc) is 2.66. The number of hydrogen-bond donors (Lipinski definition) is 0. The first kappa shape index (κ1) is 12.4. The number of aliphatic imine (C=N–C) groups is 1. The standard InChI is InChI=1S/C12H10BrF2NO/c13-8-5-9(14)11(10(15)6-8)12(16-7-17)3-1-2-4-12/h5-6H,1-4H2. The highest BCUT2D eigenvalue weighted by Crippen LogP contribution is 2.44. The fraction of sp³-hybridized carbons (Fsp3) is 0.417. The number of halogens is 3. The molecule has 90 valence electrons. The Balaban J connectivity index is 2.61. The van der Waals surface area contributed by atoms with Gasteiger partial charge in [-0.05, 0) is 25.0 Å². The van der Waals surface area contributed by atoms with Crippen LogP contribution in [0.4, 0.5) is 8.78 Å². The smallest absolute Gasteiger partial charge is 0.211 e. The quantitative estimate of drug-likeness (QED) is 0.603. The lowest BCUT2D eigenvalue weighted by molar-refractivity contribution is 0.404. The van der Waals surface area contributed by atoms with E-state index in [1.807, 2.05) is 0 Å². The predicted molar refractivity (Wildman–Crippen MR) is 62.3 cm³/mol. The Labute approximate surface area is 106 Å². The second-order valence-corrected chi connectivity index (χ2v) is 5.10. The maximum atomic E-state index is 13.9. The van der Waals surface area contributed by atoms with Gasteiger partial charge in [0.1, 0.15) is 17.2 Å². The summed E-state index contributed by atoms with van der Waals surface area (Å²) in [4.78, 5) is 14.2. The molecule has 1 saturated carbocycles. The summed E-state index contributed by atoms with van der Waals surface area (Å²) in [5.41, 5.74) is -1.17. The van der Waals surface area contributed by atoms with Gasteiger partial charge in [0.15, 0.2) is 0 Å². The highest BCUT2D eigenvalue weighted by atomic mass is 79.9. The summed E-state index contributed by atoms with van der Waals surface area (Å²) in [6.07, 6.45) is 4.03. The van der Waals surface area contributed by atoms with Crippen LogP contribution in [0.1, 0.15) is 31.2 Å². The third kappa shape index (κ3) is 2.17. The summed E-state index contributed by atoms with van der Waals surface area (Å²) >= 11 is 3.02. The highest BCUT2D eigenvalue weighted by molar-refractivity contribution is 9.10. The first-order valence-corrected chi connectivity index (χ1v) is 6.12. The summed E-state index contributed by atoms with van der Waals surface area (Å²) < 4.78 is 28.1. The molecular formula is C12H10BrF2NO. The molecule has 0 atom stereocenters. The molecule has 0 amide bonds. The van der Waals surface area contributed by atoms with Crippen LogP contribution in [-0.4, -0.2) is 6.08 Å². The van der Waals surface area contributed by atoms with E-state index in [0.29, 0.717) is 17.3 Å². The lowest BCUT2D eigenvalue weighted by atomic mass is 9.88. The van der Waals surface area contributed by atoms with E-state index in [-0.39, 0.29) is 5.56 Å². The van der Waals surface area contributed by atoms with Crippen molar-refractivity contribution in [2.24, 2.45) is 4.99 Å². The summed E-state index contributed by atoms with van der Waals surface area (Å²) in [6.45, 7) is 0. The first-order chi connectivity index (χ1) is 8.09. The monoisotopic (exact) mass is 301 g/mol. The maximum Gasteiger partial charge on any atom is 0.235 e. The molecule has 2 rings (SSSR count). The van der Waals surface area contributed by atoms with Gasteiger partial charge in [0.05, 0.1) is 5.56 Å². The van der Waals surface area contributed by atoms with E-state index >= 15 is 0 Å². The van der Waals surface area contributed by atoms with Gasteiger partial charge in [-0.1, -0.05) is 28.8 Å². The third-order valence-corrected chi connectivity index (χ3v) is 3.62. The van der Waals surface area contributed by atoms with Gasteiger partial charge in [-0.25, -0.2) is 13.6 Å². The van der Waals surface area contributed by atoms with Crippen molar-refractivity contribution in [2.75, 3.05) is 0 Å². The zero-order valence-corrected chi connectivity index (χ0v) is 10.6. The van der Waals surface area contributed by atoms with Gasteiger partial charge in [-0.3, -0.25) is 0 Å². The molecule has 5 heteroatoms. The minimum absolute atomic E-state index is 0.110. The molecule has 0 saturated heterocycles. The molecule has 0 heterocycles. The predicted octanol–water partition coefficient (Wildman–Crippen LogP) is 3.83. The first-order valence-electron chi connectivity index (χ1n) is 5.33. The molecule has 1 aromatic carbocycles. The molecule has 1 aromatic rings. The van der Waals surface area contributed by atoms with Gasteiger partial charge in [-0.15, -0.1) is 0 Å². The Morgan fingerprint density at radius 3 is 2.24 bits per heavy atom. The Morgan fingerprint density at radius 2 is 1.76 bits per heavy atom. The van der Waals surface area contributed by atoms with Crippen LogP contribution in [0.2, 0.25) is 0 Å². The van der Waals surface area contributed by atoms with Gasteiger partial charge < -0.3 is 0 Å². The van der Waals surface area contributed by atoms with Gasteiger partial charge in [-0.2, -0.15) is 4.99 Å². The second kappa shape index (κ2) is 4.67. The zero-order chi connectivity index (χ0) is 12.5. The highest BCUT2D eigenvalue weighted by Gasteiger charge is 2.40. The fourth-order valence-electron chi connectivity index (χ4n) is 2.45. The molecule has 17 heavy (non-hydrogen) atoms. The molecule has 0 aliphatic heterocycles. The van der Waals surface area contributed by atoms with Crippen molar-refractivity contribution in [2.45, 2.75) is 31.2 Å². The molecule has 0 radical (unpaired) electrons. The van der Waals surface area contributed by atoms with Crippen LogP contribution in [0.15, 0.2) is 21.6 Å². The molecule has 0 bridgehead atoms. The summed E-state index contributed by atoms with van der Waals surface area (Å²) in [6, 6.07) is 2.39. The molecule has 1 fully saturated rings. The molecule has 2 nitrogen and oxygen atoms in total. The van der Waals surface area contributed by atoms with E-state index in [1.165, 1.54) is 18.2 Å². The number of benzene rings is 1. The lowest BCUT2D eigenvalue weighted by Gasteiger charge is -2.24. The topological polar surface area (TPSA) is 29.4 Å². The van der Waals surface area contributed by atoms with E-state index in [1.54, 1.807) is 0 Å². The molecule has 0 spiro atoms. The van der Waals surface area contributed by atoms with Crippen molar-refractivity contribution in [3.8, 4) is 0 Å². The van der Waals surface area contributed by atoms with E-state index in [2.05, 4.69) is 20.9 Å². The van der Waals surface area contributed by atoms with Crippen LogP contribution in [0.5, 0.6) is 0 Å². The van der Waals surface area contributed by atoms with E-state index < -0.39 is 17.2 Å². The molecule has 0 aromatic heterocycles. The normalized spacial score (nSPS) is 17.8. The van der Waals surface area contributed by atoms with Crippen molar-refractivity contribution < 1.29 is 13.6 Å². The van der Waals surface area contributed by atoms with Gasteiger partial charge >= 0.3 is 0 Å². The molecule has 0 N–H and O–H groups in total. The zero-order valence-electron chi connectivity index (χ0n) is 8.97. The van der Waals surface area contributed by atoms with Crippen molar-refractivity contribution in [1.82, 2.24) is 0 Å². The number of rotatable bonds is 2. The van der Waals surface area contributed by atoms with Gasteiger partial charge in [0.2, 0.25) is 6.08 Å². The van der Waals surface area contributed by atoms with Gasteiger partial charge in [0.25, 0.3) is 0 Å². The number of carbonyl (C=O) groups excluding carboxylic acids is 1. The lowest BCUT2D eigenvalue weighted by Crippen LogP contribution is -2.22. The summed E-state index contributed by atoms with van der Waals surface area (Å²) in [5, 5.41) is 0. The van der Waals surface area contributed by atoms with Crippen LogP contribution in [0, 0.1) is 11.6 Å². The average molecular weight is 302 g/mol. The second-order valence-electron chi connectivity index (χ2n) is 4.19. The van der Waals surface area contributed by atoms with E-state index in [4.69, 9.17) is 0 Å². The van der Waals surface area contributed by atoms with Crippen molar-refractivity contribution in [3.63, 3.8) is 0 Å². The van der Waals surface area contributed by atoms with Crippen LogP contribution >= 0.6 is 15.9 Å². The minimum Gasteiger partial charge on any atom is -0.211 e. The SMILES string of the molecule is O=C=NC1(c2c(F)cc(Br)cc2F)CCCC1. The van der Waals surface area contributed by atoms with Crippen LogP contribution in [0.3, 0.4) is 0 Å². The van der Waals surface area contributed by atoms with Crippen LogP contribution < -0.4 is 0 Å².